The fourth-order valence-corrected chi connectivity index (χ4v) is 2.30. The van der Waals surface area contributed by atoms with E-state index in [1.165, 1.54) is 12.1 Å². The lowest BCUT2D eigenvalue weighted by molar-refractivity contribution is -0.129. The second kappa shape index (κ2) is 4.70. The van der Waals surface area contributed by atoms with E-state index >= 15 is 0 Å². The van der Waals surface area contributed by atoms with Crippen molar-refractivity contribution in [2.45, 2.75) is 24.7 Å². The number of rotatable bonds is 4. The summed E-state index contributed by atoms with van der Waals surface area (Å²) < 4.78 is 13.2. The zero-order valence-corrected chi connectivity index (χ0v) is 9.71. The summed E-state index contributed by atoms with van der Waals surface area (Å²) in [5.74, 6) is -0.306. The summed E-state index contributed by atoms with van der Waals surface area (Å²) in [4.78, 5) is 12.1. The van der Waals surface area contributed by atoms with Gasteiger partial charge < -0.3 is 5.32 Å². The quantitative estimate of drug-likeness (QED) is 0.796. The number of amides is 1. The molecular formula is C14H16FNO. The van der Waals surface area contributed by atoms with Gasteiger partial charge in [-0.25, -0.2) is 4.39 Å². The molecule has 0 aromatic heterocycles. The summed E-state index contributed by atoms with van der Waals surface area (Å²) in [5.41, 5.74) is 0.260. The molecule has 17 heavy (non-hydrogen) atoms. The molecule has 0 bridgehead atoms. The van der Waals surface area contributed by atoms with Crippen molar-refractivity contribution >= 4 is 5.91 Å². The molecule has 2 rings (SSSR count). The maximum atomic E-state index is 13.2. The van der Waals surface area contributed by atoms with Crippen LogP contribution in [0, 0.1) is 5.82 Å². The zero-order chi connectivity index (χ0) is 12.3. The molecule has 3 heteroatoms. The number of nitrogens with one attached hydrogen (secondary N) is 1. The van der Waals surface area contributed by atoms with Gasteiger partial charge in [0.25, 0.3) is 0 Å². The lowest BCUT2D eigenvalue weighted by atomic mass is 9.64. The molecule has 0 unspecified atom stereocenters. The lowest BCUT2D eigenvalue weighted by Crippen LogP contribution is -2.49. The molecule has 0 aliphatic heterocycles. The topological polar surface area (TPSA) is 29.1 Å². The Morgan fingerprint density at radius 2 is 2.29 bits per heavy atom. The Balaban J connectivity index is 2.25. The van der Waals surface area contributed by atoms with Gasteiger partial charge in [0.1, 0.15) is 5.82 Å². The fourth-order valence-electron chi connectivity index (χ4n) is 2.30. The van der Waals surface area contributed by atoms with Gasteiger partial charge in [-0.2, -0.15) is 0 Å². The molecule has 0 heterocycles. The standard InChI is InChI=1S/C14H16FNO/c1-2-9-16-13(17)14(7-4-8-14)11-5-3-6-12(15)10-11/h2-3,5-6,10H,1,4,7-9H2,(H,16,17). The average molecular weight is 233 g/mol. The molecule has 1 aromatic rings. The second-order valence-corrected chi connectivity index (χ2v) is 4.44. The van der Waals surface area contributed by atoms with Crippen LogP contribution in [0.4, 0.5) is 4.39 Å². The minimum atomic E-state index is -0.523. The van der Waals surface area contributed by atoms with E-state index in [2.05, 4.69) is 11.9 Å². The van der Waals surface area contributed by atoms with Crippen LogP contribution in [0.15, 0.2) is 36.9 Å². The molecule has 1 N–H and O–H groups in total. The van der Waals surface area contributed by atoms with Crippen LogP contribution in [0.1, 0.15) is 24.8 Å². The molecule has 1 aromatic carbocycles. The number of hydrogen-bond donors (Lipinski definition) is 1. The Labute approximate surface area is 101 Å². The Morgan fingerprint density at radius 1 is 1.53 bits per heavy atom. The molecule has 1 aliphatic carbocycles. The third-order valence-corrected chi connectivity index (χ3v) is 3.43. The minimum absolute atomic E-state index is 0.0192. The van der Waals surface area contributed by atoms with Gasteiger partial charge in [0.15, 0.2) is 0 Å². The highest BCUT2D eigenvalue weighted by Gasteiger charge is 2.45. The van der Waals surface area contributed by atoms with Gasteiger partial charge in [-0.3, -0.25) is 4.79 Å². The third-order valence-electron chi connectivity index (χ3n) is 3.43. The Morgan fingerprint density at radius 3 is 2.82 bits per heavy atom. The second-order valence-electron chi connectivity index (χ2n) is 4.44. The van der Waals surface area contributed by atoms with Gasteiger partial charge in [-0.1, -0.05) is 24.6 Å². The first kappa shape index (κ1) is 11.8. The summed E-state index contributed by atoms with van der Waals surface area (Å²) in [6, 6.07) is 6.35. The number of carbonyl (C=O) groups is 1. The van der Waals surface area contributed by atoms with Crippen LogP contribution in [0.2, 0.25) is 0 Å². The van der Waals surface area contributed by atoms with E-state index in [9.17, 15) is 9.18 Å². The van der Waals surface area contributed by atoms with Gasteiger partial charge in [0, 0.05) is 6.54 Å². The van der Waals surface area contributed by atoms with Crippen LogP contribution < -0.4 is 5.32 Å². The van der Waals surface area contributed by atoms with E-state index in [0.29, 0.717) is 6.54 Å². The predicted molar refractivity (Wildman–Crippen MR) is 65.1 cm³/mol. The molecule has 1 amide bonds. The van der Waals surface area contributed by atoms with Crippen molar-refractivity contribution in [3.05, 3.63) is 48.3 Å². The van der Waals surface area contributed by atoms with Crippen LogP contribution in [0.5, 0.6) is 0 Å². The highest BCUT2D eigenvalue weighted by molar-refractivity contribution is 5.89. The number of carbonyl (C=O) groups excluding carboxylic acids is 1. The summed E-state index contributed by atoms with van der Waals surface area (Å²) in [6.45, 7) is 4.02. The van der Waals surface area contributed by atoms with Gasteiger partial charge in [-0.15, -0.1) is 6.58 Å². The van der Waals surface area contributed by atoms with Crippen molar-refractivity contribution in [3.8, 4) is 0 Å². The SMILES string of the molecule is C=CCNC(=O)C1(c2cccc(F)c2)CCC1. The minimum Gasteiger partial charge on any atom is -0.352 e. The van der Waals surface area contributed by atoms with E-state index in [0.717, 1.165) is 24.8 Å². The van der Waals surface area contributed by atoms with E-state index < -0.39 is 5.41 Å². The summed E-state index contributed by atoms with van der Waals surface area (Å²) in [6.07, 6.45) is 4.24. The monoisotopic (exact) mass is 233 g/mol. The van der Waals surface area contributed by atoms with Gasteiger partial charge in [-0.05, 0) is 30.5 Å². The molecule has 0 saturated heterocycles. The number of hydrogen-bond acceptors (Lipinski definition) is 1. The molecule has 90 valence electrons. The van der Waals surface area contributed by atoms with Crippen molar-refractivity contribution in [1.82, 2.24) is 5.32 Å². The van der Waals surface area contributed by atoms with E-state index in [-0.39, 0.29) is 11.7 Å². The van der Waals surface area contributed by atoms with Crippen molar-refractivity contribution in [3.63, 3.8) is 0 Å². The van der Waals surface area contributed by atoms with E-state index in [1.807, 2.05) is 6.07 Å². The maximum absolute atomic E-state index is 13.2. The van der Waals surface area contributed by atoms with Crippen LogP contribution >= 0.6 is 0 Å². The Bertz CT molecular complexity index is 438. The van der Waals surface area contributed by atoms with Crippen LogP contribution in [0.25, 0.3) is 0 Å². The molecule has 2 nitrogen and oxygen atoms in total. The largest absolute Gasteiger partial charge is 0.352 e. The van der Waals surface area contributed by atoms with Gasteiger partial charge in [0.2, 0.25) is 5.91 Å². The lowest BCUT2D eigenvalue weighted by Gasteiger charge is -2.40. The zero-order valence-electron chi connectivity index (χ0n) is 9.71. The van der Waals surface area contributed by atoms with Crippen LogP contribution in [-0.2, 0) is 10.2 Å². The highest BCUT2D eigenvalue weighted by Crippen LogP contribution is 2.44. The maximum Gasteiger partial charge on any atom is 0.230 e. The molecular weight excluding hydrogens is 217 g/mol. The molecule has 0 atom stereocenters. The van der Waals surface area contributed by atoms with Crippen molar-refractivity contribution < 1.29 is 9.18 Å². The fraction of sp³-hybridized carbons (Fsp3) is 0.357. The Kier molecular flexibility index (Phi) is 3.27. The van der Waals surface area contributed by atoms with Crippen molar-refractivity contribution in [2.24, 2.45) is 0 Å². The van der Waals surface area contributed by atoms with Crippen molar-refractivity contribution in [1.29, 1.82) is 0 Å². The molecule has 1 aliphatic rings. The molecule has 0 radical (unpaired) electrons. The Hall–Kier alpha value is -1.64. The first-order chi connectivity index (χ1) is 8.19. The molecule has 1 saturated carbocycles. The third kappa shape index (κ3) is 2.09. The molecule has 0 spiro atoms. The first-order valence-electron chi connectivity index (χ1n) is 5.84. The predicted octanol–water partition coefficient (Wildman–Crippen LogP) is 2.55. The van der Waals surface area contributed by atoms with Crippen LogP contribution in [-0.4, -0.2) is 12.5 Å². The summed E-state index contributed by atoms with van der Waals surface area (Å²) in [7, 11) is 0. The average Bonchev–Trinajstić information content (AvgIpc) is 2.25. The smallest absolute Gasteiger partial charge is 0.230 e. The normalized spacial score (nSPS) is 17.0. The van der Waals surface area contributed by atoms with Gasteiger partial charge in [0.05, 0.1) is 5.41 Å². The van der Waals surface area contributed by atoms with E-state index in [1.54, 1.807) is 12.1 Å². The molecule has 1 fully saturated rings. The summed E-state index contributed by atoms with van der Waals surface area (Å²) >= 11 is 0. The number of benzene rings is 1. The van der Waals surface area contributed by atoms with E-state index in [4.69, 9.17) is 0 Å². The van der Waals surface area contributed by atoms with Crippen molar-refractivity contribution in [2.75, 3.05) is 6.54 Å². The summed E-state index contributed by atoms with van der Waals surface area (Å²) in [5, 5.41) is 2.81. The van der Waals surface area contributed by atoms with Crippen LogP contribution in [0.3, 0.4) is 0 Å². The van der Waals surface area contributed by atoms with Gasteiger partial charge >= 0.3 is 0 Å². The number of halogens is 1. The highest BCUT2D eigenvalue weighted by atomic mass is 19.1. The first-order valence-corrected chi connectivity index (χ1v) is 5.84.